The molecule has 180 valence electrons. The van der Waals surface area contributed by atoms with Gasteiger partial charge in [0.05, 0.1) is 0 Å². The van der Waals surface area contributed by atoms with Crippen LogP contribution < -0.4 is 4.90 Å². The van der Waals surface area contributed by atoms with Crippen molar-refractivity contribution in [1.82, 2.24) is 0 Å². The molecule has 0 radical (unpaired) electrons. The van der Waals surface area contributed by atoms with E-state index in [4.69, 9.17) is 0 Å². The van der Waals surface area contributed by atoms with Gasteiger partial charge in [-0.25, -0.2) is 0 Å². The molecule has 0 bridgehead atoms. The van der Waals surface area contributed by atoms with Crippen molar-refractivity contribution in [2.24, 2.45) is 0 Å². The van der Waals surface area contributed by atoms with Gasteiger partial charge in [-0.15, -0.1) is 0 Å². The molecule has 0 spiro atoms. The van der Waals surface area contributed by atoms with E-state index in [0.717, 1.165) is 12.8 Å². The summed E-state index contributed by atoms with van der Waals surface area (Å²) in [5, 5.41) is 0. The van der Waals surface area contributed by atoms with E-state index in [1.54, 1.807) is 0 Å². The van der Waals surface area contributed by atoms with E-state index in [0.29, 0.717) is 0 Å². The van der Waals surface area contributed by atoms with Crippen LogP contribution in [-0.4, -0.2) is 0 Å². The van der Waals surface area contributed by atoms with Gasteiger partial charge in [0.15, 0.2) is 0 Å². The topological polar surface area (TPSA) is 3.24 Å². The third kappa shape index (κ3) is 6.85. The summed E-state index contributed by atoms with van der Waals surface area (Å²) in [4.78, 5) is 2.38. The van der Waals surface area contributed by atoms with Gasteiger partial charge in [0, 0.05) is 17.1 Å². The maximum atomic E-state index is 2.38. The Kier molecular flexibility index (Phi) is 9.17. The summed E-state index contributed by atoms with van der Waals surface area (Å²) in [5.41, 5.74) is 8.93. The lowest BCUT2D eigenvalue weighted by Crippen LogP contribution is -2.10. The molecule has 0 atom stereocenters. The molecule has 4 aromatic rings. The maximum Gasteiger partial charge on any atom is 0.0462 e. The van der Waals surface area contributed by atoms with Crippen molar-refractivity contribution >= 4 is 17.1 Å². The molecule has 4 aromatic carbocycles. The monoisotopic (exact) mass is 461 g/mol. The SMILES string of the molecule is CCCCCc1ccc(N(c2ccc(CCCCC)cc2)c2ccc(-c3ccccc3)cc2)cc1. The molecule has 0 saturated heterocycles. The van der Waals surface area contributed by atoms with Gasteiger partial charge in [0.2, 0.25) is 0 Å². The Morgan fingerprint density at radius 3 is 1.26 bits per heavy atom. The fourth-order valence-corrected chi connectivity index (χ4v) is 4.66. The Morgan fingerprint density at radius 1 is 0.429 bits per heavy atom. The molecule has 0 heterocycles. The Balaban J connectivity index is 1.62. The van der Waals surface area contributed by atoms with Crippen LogP contribution >= 0.6 is 0 Å². The molecule has 0 aliphatic heterocycles. The predicted molar refractivity (Wildman–Crippen MR) is 153 cm³/mol. The van der Waals surface area contributed by atoms with Gasteiger partial charge in [-0.3, -0.25) is 0 Å². The summed E-state index contributed by atoms with van der Waals surface area (Å²) in [5.74, 6) is 0. The Morgan fingerprint density at radius 2 is 0.829 bits per heavy atom. The highest BCUT2D eigenvalue weighted by Crippen LogP contribution is 2.36. The van der Waals surface area contributed by atoms with Crippen molar-refractivity contribution in [2.45, 2.75) is 65.2 Å². The van der Waals surface area contributed by atoms with Crippen molar-refractivity contribution in [3.05, 3.63) is 114 Å². The third-order valence-corrected chi connectivity index (χ3v) is 6.76. The van der Waals surface area contributed by atoms with Crippen molar-refractivity contribution in [1.29, 1.82) is 0 Å². The molecule has 0 aliphatic rings. The Hall–Kier alpha value is -3.32. The van der Waals surface area contributed by atoms with Crippen LogP contribution in [0.1, 0.15) is 63.5 Å². The molecule has 0 unspecified atom stereocenters. The molecule has 35 heavy (non-hydrogen) atoms. The average Bonchev–Trinajstić information content (AvgIpc) is 2.92. The molecule has 0 fully saturated rings. The smallest absolute Gasteiger partial charge is 0.0462 e. The summed E-state index contributed by atoms with van der Waals surface area (Å²) in [6.07, 6.45) is 9.97. The summed E-state index contributed by atoms with van der Waals surface area (Å²) in [6.45, 7) is 4.53. The van der Waals surface area contributed by atoms with Crippen LogP contribution in [-0.2, 0) is 12.8 Å². The third-order valence-electron chi connectivity index (χ3n) is 6.76. The van der Waals surface area contributed by atoms with Gasteiger partial charge >= 0.3 is 0 Å². The highest BCUT2D eigenvalue weighted by Gasteiger charge is 2.13. The van der Waals surface area contributed by atoms with Crippen molar-refractivity contribution < 1.29 is 0 Å². The zero-order valence-corrected chi connectivity index (χ0v) is 21.4. The second-order valence-corrected chi connectivity index (χ2v) is 9.50. The minimum Gasteiger partial charge on any atom is -0.311 e. The molecular weight excluding hydrogens is 422 g/mol. The molecule has 0 N–H and O–H groups in total. The van der Waals surface area contributed by atoms with E-state index < -0.39 is 0 Å². The summed E-state index contributed by atoms with van der Waals surface area (Å²) >= 11 is 0. The van der Waals surface area contributed by atoms with Gasteiger partial charge < -0.3 is 4.90 Å². The van der Waals surface area contributed by atoms with Gasteiger partial charge in [0.25, 0.3) is 0 Å². The summed E-state index contributed by atoms with van der Waals surface area (Å²) in [7, 11) is 0. The lowest BCUT2D eigenvalue weighted by molar-refractivity contribution is 0.717. The first-order chi connectivity index (χ1) is 17.3. The number of nitrogens with zero attached hydrogens (tertiary/aromatic N) is 1. The number of rotatable bonds is 12. The second-order valence-electron chi connectivity index (χ2n) is 9.50. The minimum atomic E-state index is 1.16. The fraction of sp³-hybridized carbons (Fsp3) is 0.294. The minimum absolute atomic E-state index is 1.16. The van der Waals surface area contributed by atoms with Gasteiger partial charge in [-0.2, -0.15) is 0 Å². The molecule has 0 saturated carbocycles. The number of unbranched alkanes of at least 4 members (excludes halogenated alkanes) is 4. The first kappa shape index (κ1) is 24.8. The zero-order valence-electron chi connectivity index (χ0n) is 21.4. The molecule has 0 aromatic heterocycles. The summed E-state index contributed by atoms with van der Waals surface area (Å²) in [6, 6.07) is 37.9. The van der Waals surface area contributed by atoms with E-state index in [2.05, 4.69) is 122 Å². The molecule has 4 rings (SSSR count). The highest BCUT2D eigenvalue weighted by atomic mass is 15.1. The largest absolute Gasteiger partial charge is 0.311 e. The normalized spacial score (nSPS) is 10.9. The molecule has 1 nitrogen and oxygen atoms in total. The molecule has 0 amide bonds. The van der Waals surface area contributed by atoms with Crippen molar-refractivity contribution in [2.75, 3.05) is 4.90 Å². The van der Waals surface area contributed by atoms with Crippen LogP contribution in [0.5, 0.6) is 0 Å². The highest BCUT2D eigenvalue weighted by molar-refractivity contribution is 5.78. The predicted octanol–water partition coefficient (Wildman–Crippen LogP) is 10.3. The van der Waals surface area contributed by atoms with Crippen LogP contribution in [0.3, 0.4) is 0 Å². The molecule has 0 aliphatic carbocycles. The number of hydrogen-bond donors (Lipinski definition) is 0. The van der Waals surface area contributed by atoms with Crippen molar-refractivity contribution in [3.63, 3.8) is 0 Å². The van der Waals surface area contributed by atoms with Gasteiger partial charge in [0.1, 0.15) is 0 Å². The van der Waals surface area contributed by atoms with Crippen LogP contribution in [0.15, 0.2) is 103 Å². The van der Waals surface area contributed by atoms with E-state index in [1.165, 1.54) is 77.8 Å². The number of aryl methyl sites for hydroxylation is 2. The molecule has 1 heteroatoms. The average molecular weight is 462 g/mol. The van der Waals surface area contributed by atoms with E-state index >= 15 is 0 Å². The lowest BCUT2D eigenvalue weighted by atomic mass is 10.0. The van der Waals surface area contributed by atoms with Crippen LogP contribution in [0.4, 0.5) is 17.1 Å². The lowest BCUT2D eigenvalue weighted by Gasteiger charge is -2.26. The molecular formula is C34H39N. The first-order valence-corrected chi connectivity index (χ1v) is 13.4. The van der Waals surface area contributed by atoms with Crippen LogP contribution in [0.2, 0.25) is 0 Å². The Bertz CT molecular complexity index is 1070. The standard InChI is InChI=1S/C34H39N/c1-3-5-8-12-28-16-22-32(23-17-28)35(33-24-18-29(19-25-33)13-9-6-4-2)34-26-20-31(21-27-34)30-14-10-7-11-15-30/h7,10-11,14-27H,3-6,8-9,12-13H2,1-2H3. The van der Waals surface area contributed by atoms with E-state index in [-0.39, 0.29) is 0 Å². The fourth-order valence-electron chi connectivity index (χ4n) is 4.66. The van der Waals surface area contributed by atoms with Crippen LogP contribution in [0.25, 0.3) is 11.1 Å². The van der Waals surface area contributed by atoms with Gasteiger partial charge in [-0.1, -0.05) is 106 Å². The Labute approximate surface area is 212 Å². The van der Waals surface area contributed by atoms with Gasteiger partial charge in [-0.05, 0) is 84.3 Å². The first-order valence-electron chi connectivity index (χ1n) is 13.4. The van der Waals surface area contributed by atoms with Crippen LogP contribution in [0, 0.1) is 0 Å². The van der Waals surface area contributed by atoms with Crippen molar-refractivity contribution in [3.8, 4) is 11.1 Å². The second kappa shape index (κ2) is 13.0. The number of anilines is 3. The maximum absolute atomic E-state index is 2.38. The van der Waals surface area contributed by atoms with E-state index in [9.17, 15) is 0 Å². The number of hydrogen-bond acceptors (Lipinski definition) is 1. The summed E-state index contributed by atoms with van der Waals surface area (Å²) < 4.78 is 0. The number of benzene rings is 4. The van der Waals surface area contributed by atoms with E-state index in [1.807, 2.05) is 0 Å². The zero-order chi connectivity index (χ0) is 24.3. The quantitative estimate of drug-likeness (QED) is 0.190.